The summed E-state index contributed by atoms with van der Waals surface area (Å²) in [7, 11) is 0. The summed E-state index contributed by atoms with van der Waals surface area (Å²) in [6, 6.07) is 2.59. The van der Waals surface area contributed by atoms with Crippen LogP contribution in [0.2, 0.25) is 0 Å². The highest BCUT2D eigenvalue weighted by molar-refractivity contribution is 5.72. The van der Waals surface area contributed by atoms with Gasteiger partial charge in [0.05, 0.1) is 17.4 Å². The lowest BCUT2D eigenvalue weighted by molar-refractivity contribution is -0.158. The van der Waals surface area contributed by atoms with Gasteiger partial charge in [0.15, 0.2) is 0 Å². The maximum absolute atomic E-state index is 12.5. The normalized spacial score (nSPS) is 32.0. The summed E-state index contributed by atoms with van der Waals surface area (Å²) >= 11 is 0. The molecular weight excluding hydrogens is 322 g/mol. The van der Waals surface area contributed by atoms with Crippen LogP contribution in [-0.2, 0) is 9.53 Å². The number of hydrogen-bond acceptors (Lipinski definition) is 3. The van der Waals surface area contributed by atoms with Crippen LogP contribution in [0.15, 0.2) is 0 Å². The largest absolute Gasteiger partial charge is 0.462 e. The van der Waals surface area contributed by atoms with Crippen molar-refractivity contribution in [1.82, 2.24) is 0 Å². The topological polar surface area (TPSA) is 50.1 Å². The lowest BCUT2D eigenvalue weighted by Crippen LogP contribution is -2.33. The average molecular weight is 362 g/mol. The summed E-state index contributed by atoms with van der Waals surface area (Å²) < 4.78 is 5.86. The number of esters is 1. The fourth-order valence-corrected chi connectivity index (χ4v) is 4.83. The van der Waals surface area contributed by atoms with E-state index in [1.54, 1.807) is 0 Å². The highest BCUT2D eigenvalue weighted by atomic mass is 16.5. The van der Waals surface area contributed by atoms with E-state index in [4.69, 9.17) is 4.74 Å². The number of rotatable bonds is 9. The monoisotopic (exact) mass is 361 g/mol. The van der Waals surface area contributed by atoms with E-state index in [9.17, 15) is 10.1 Å². The van der Waals surface area contributed by atoms with E-state index in [0.717, 1.165) is 57.3 Å². The Bertz CT molecular complexity index is 451. The Morgan fingerprint density at radius 1 is 1.00 bits per heavy atom. The van der Waals surface area contributed by atoms with Crippen LogP contribution < -0.4 is 0 Å². The van der Waals surface area contributed by atoms with Gasteiger partial charge in [-0.05, 0) is 63.7 Å². The predicted molar refractivity (Wildman–Crippen MR) is 106 cm³/mol. The van der Waals surface area contributed by atoms with E-state index in [1.807, 2.05) is 0 Å². The van der Waals surface area contributed by atoms with Gasteiger partial charge in [-0.15, -0.1) is 0 Å². The summed E-state index contributed by atoms with van der Waals surface area (Å²) in [5.41, 5.74) is -0.157. The molecule has 2 saturated carbocycles. The molecule has 3 nitrogen and oxygen atoms in total. The minimum atomic E-state index is -0.157. The first kappa shape index (κ1) is 21.3. The van der Waals surface area contributed by atoms with Crippen molar-refractivity contribution in [1.29, 1.82) is 5.26 Å². The van der Waals surface area contributed by atoms with E-state index >= 15 is 0 Å². The van der Waals surface area contributed by atoms with E-state index in [0.29, 0.717) is 0 Å². The van der Waals surface area contributed by atoms with Gasteiger partial charge in [-0.25, -0.2) is 0 Å². The van der Waals surface area contributed by atoms with E-state index in [1.165, 1.54) is 44.9 Å². The Balaban J connectivity index is 1.70. The van der Waals surface area contributed by atoms with Crippen LogP contribution in [0.5, 0.6) is 0 Å². The van der Waals surface area contributed by atoms with Gasteiger partial charge in [0, 0.05) is 0 Å². The lowest BCUT2D eigenvalue weighted by Gasteiger charge is -2.35. The van der Waals surface area contributed by atoms with Crippen LogP contribution in [0.25, 0.3) is 0 Å². The van der Waals surface area contributed by atoms with Gasteiger partial charge in [-0.1, -0.05) is 52.4 Å². The molecule has 0 bridgehead atoms. The van der Waals surface area contributed by atoms with Crippen LogP contribution in [0.4, 0.5) is 0 Å². The molecule has 0 N–H and O–H groups in total. The first-order valence-electron chi connectivity index (χ1n) is 11.2. The Morgan fingerprint density at radius 3 is 2.23 bits per heavy atom. The average Bonchev–Trinajstić information content (AvgIpc) is 2.68. The zero-order chi connectivity index (χ0) is 18.8. The van der Waals surface area contributed by atoms with Crippen molar-refractivity contribution < 1.29 is 9.53 Å². The van der Waals surface area contributed by atoms with E-state index < -0.39 is 0 Å². The molecule has 0 radical (unpaired) electrons. The second kappa shape index (κ2) is 11.0. The zero-order valence-corrected chi connectivity index (χ0v) is 17.1. The number of nitrogens with zero attached hydrogens (tertiary/aromatic N) is 1. The zero-order valence-electron chi connectivity index (χ0n) is 17.1. The number of ether oxygens (including phenoxy) is 1. The molecule has 0 unspecified atom stereocenters. The van der Waals surface area contributed by atoms with Gasteiger partial charge in [0.2, 0.25) is 0 Å². The predicted octanol–water partition coefficient (Wildman–Crippen LogP) is 6.56. The summed E-state index contributed by atoms with van der Waals surface area (Å²) in [4.78, 5) is 12.5. The SMILES string of the molecule is CCCCC[C@]1(C#N)CC[C@@H](OC(=O)[C@H]2CC[C@H](CCCC)CC2)CC1. The molecule has 0 aliphatic heterocycles. The van der Waals surface area contributed by atoms with Crippen molar-refractivity contribution in [2.75, 3.05) is 0 Å². The summed E-state index contributed by atoms with van der Waals surface area (Å²) in [6.07, 6.45) is 16.5. The second-order valence-corrected chi connectivity index (χ2v) is 8.85. The van der Waals surface area contributed by atoms with Gasteiger partial charge in [-0.3, -0.25) is 4.79 Å². The number of carbonyl (C=O) groups is 1. The molecule has 0 heterocycles. The number of hydrogen-bond donors (Lipinski definition) is 0. The fraction of sp³-hybridized carbons (Fsp3) is 0.913. The van der Waals surface area contributed by atoms with Gasteiger partial charge in [0.1, 0.15) is 6.10 Å². The smallest absolute Gasteiger partial charge is 0.309 e. The molecule has 0 saturated heterocycles. The maximum Gasteiger partial charge on any atom is 0.309 e. The molecule has 148 valence electrons. The molecule has 26 heavy (non-hydrogen) atoms. The third-order valence-corrected chi connectivity index (χ3v) is 6.81. The number of unbranched alkanes of at least 4 members (excludes halogenated alkanes) is 3. The Morgan fingerprint density at radius 2 is 1.65 bits per heavy atom. The molecule has 2 rings (SSSR count). The Hall–Kier alpha value is -1.04. The molecule has 0 atom stereocenters. The molecule has 0 spiro atoms. The van der Waals surface area contributed by atoms with Crippen molar-refractivity contribution in [3.63, 3.8) is 0 Å². The molecule has 2 aliphatic carbocycles. The van der Waals surface area contributed by atoms with Crippen molar-refractivity contribution in [3.8, 4) is 6.07 Å². The first-order chi connectivity index (χ1) is 12.6. The van der Waals surface area contributed by atoms with Crippen molar-refractivity contribution in [2.24, 2.45) is 17.3 Å². The van der Waals surface area contributed by atoms with Crippen LogP contribution >= 0.6 is 0 Å². The minimum Gasteiger partial charge on any atom is -0.462 e. The molecule has 0 aromatic rings. The van der Waals surface area contributed by atoms with Crippen LogP contribution in [-0.4, -0.2) is 12.1 Å². The number of carbonyl (C=O) groups excluding carboxylic acids is 1. The molecule has 2 aliphatic rings. The molecule has 0 aromatic heterocycles. The standard InChI is InChI=1S/C23H39NO2/c1-3-5-7-15-23(18-24)16-13-21(14-17-23)26-22(25)20-11-9-19(10-12-20)8-6-4-2/h19-21H,3-17H2,1-2H3/t19-,20-,21-,23+. The van der Waals surface area contributed by atoms with Crippen molar-refractivity contribution in [3.05, 3.63) is 0 Å². The fourth-order valence-electron chi connectivity index (χ4n) is 4.83. The minimum absolute atomic E-state index is 0.0411. The number of nitriles is 1. The maximum atomic E-state index is 12.5. The third-order valence-electron chi connectivity index (χ3n) is 6.81. The Labute approximate surface area is 160 Å². The quantitative estimate of drug-likeness (QED) is 0.345. The van der Waals surface area contributed by atoms with Gasteiger partial charge in [0.25, 0.3) is 0 Å². The van der Waals surface area contributed by atoms with E-state index in [-0.39, 0.29) is 23.4 Å². The molecule has 0 amide bonds. The molecular formula is C23H39NO2. The van der Waals surface area contributed by atoms with Gasteiger partial charge < -0.3 is 4.74 Å². The van der Waals surface area contributed by atoms with E-state index in [2.05, 4.69) is 19.9 Å². The molecule has 0 aromatic carbocycles. The van der Waals surface area contributed by atoms with Crippen LogP contribution in [0, 0.1) is 28.6 Å². The molecule has 3 heteroatoms. The van der Waals surface area contributed by atoms with Crippen molar-refractivity contribution >= 4 is 5.97 Å². The lowest BCUT2D eigenvalue weighted by atomic mass is 9.71. The van der Waals surface area contributed by atoms with Crippen LogP contribution in [0.1, 0.15) is 110 Å². The summed E-state index contributed by atoms with van der Waals surface area (Å²) in [6.45, 7) is 4.45. The summed E-state index contributed by atoms with van der Waals surface area (Å²) in [5, 5.41) is 9.64. The third kappa shape index (κ3) is 6.29. The van der Waals surface area contributed by atoms with Gasteiger partial charge in [-0.2, -0.15) is 5.26 Å². The van der Waals surface area contributed by atoms with Gasteiger partial charge >= 0.3 is 5.97 Å². The second-order valence-electron chi connectivity index (χ2n) is 8.85. The van der Waals surface area contributed by atoms with Crippen LogP contribution in [0.3, 0.4) is 0 Å². The van der Waals surface area contributed by atoms with Crippen molar-refractivity contribution in [2.45, 2.75) is 116 Å². The highest BCUT2D eigenvalue weighted by Gasteiger charge is 2.37. The molecule has 2 fully saturated rings. The highest BCUT2D eigenvalue weighted by Crippen LogP contribution is 2.41. The summed E-state index contributed by atoms with van der Waals surface area (Å²) in [5.74, 6) is 0.993. The first-order valence-corrected chi connectivity index (χ1v) is 11.2. The Kier molecular flexibility index (Phi) is 8.96.